The van der Waals surface area contributed by atoms with Crippen LogP contribution in [-0.2, 0) is 4.74 Å². The molecule has 1 aliphatic heterocycles. The lowest BCUT2D eigenvalue weighted by Gasteiger charge is -2.10. The Kier molecular flexibility index (Phi) is 5.40. The summed E-state index contributed by atoms with van der Waals surface area (Å²) in [6, 6.07) is 0.00623. The van der Waals surface area contributed by atoms with Gasteiger partial charge in [-0.2, -0.15) is 0 Å². The van der Waals surface area contributed by atoms with E-state index in [1.807, 2.05) is 6.08 Å². The Morgan fingerprint density at radius 2 is 2.43 bits per heavy atom. The molecule has 1 unspecified atom stereocenters. The highest BCUT2D eigenvalue weighted by atomic mass is 35.5. The number of rotatable bonds is 4. The number of amides is 2. The van der Waals surface area contributed by atoms with Gasteiger partial charge in [0.25, 0.3) is 0 Å². The predicted molar refractivity (Wildman–Crippen MR) is 55.6 cm³/mol. The molecule has 0 aliphatic carbocycles. The minimum atomic E-state index is -0.153. The highest BCUT2D eigenvalue weighted by Gasteiger charge is 2.16. The van der Waals surface area contributed by atoms with E-state index in [0.717, 1.165) is 13.0 Å². The summed E-state index contributed by atoms with van der Waals surface area (Å²) < 4.78 is 5.13. The van der Waals surface area contributed by atoms with Gasteiger partial charge in [-0.15, -0.1) is 11.6 Å². The van der Waals surface area contributed by atoms with Crippen LogP contribution >= 0.6 is 11.6 Å². The van der Waals surface area contributed by atoms with E-state index in [1.54, 1.807) is 6.08 Å². The Morgan fingerprint density at radius 3 is 3.07 bits per heavy atom. The molecule has 1 saturated heterocycles. The molecular weight excluding hydrogens is 204 g/mol. The molecule has 0 saturated carbocycles. The fourth-order valence-electron chi connectivity index (χ4n) is 1.18. The maximum atomic E-state index is 11.2. The predicted octanol–water partition coefficient (Wildman–Crippen LogP) is 0.869. The number of carbonyl (C=O) groups excluding carboxylic acids is 1. The van der Waals surface area contributed by atoms with Gasteiger partial charge in [-0.1, -0.05) is 12.2 Å². The second-order valence-electron chi connectivity index (χ2n) is 3.04. The fraction of sp³-hybridized carbons (Fsp3) is 0.667. The molecule has 1 heterocycles. The minimum absolute atomic E-state index is 0.153. The molecule has 2 N–H and O–H groups in total. The van der Waals surface area contributed by atoms with Crippen LogP contribution in [0.1, 0.15) is 6.42 Å². The lowest BCUT2D eigenvalue weighted by Crippen LogP contribution is -2.42. The smallest absolute Gasteiger partial charge is 0.315 e. The van der Waals surface area contributed by atoms with Crippen LogP contribution in [0, 0.1) is 0 Å². The van der Waals surface area contributed by atoms with Crippen LogP contribution in [0.4, 0.5) is 4.79 Å². The van der Waals surface area contributed by atoms with Crippen LogP contribution in [0.15, 0.2) is 12.2 Å². The number of urea groups is 1. The Labute approximate surface area is 88.6 Å². The van der Waals surface area contributed by atoms with E-state index in [0.29, 0.717) is 19.0 Å². The molecule has 0 aromatic rings. The summed E-state index contributed by atoms with van der Waals surface area (Å²) in [5.74, 6) is 0.472. The van der Waals surface area contributed by atoms with Crippen LogP contribution in [-0.4, -0.2) is 37.7 Å². The van der Waals surface area contributed by atoms with Crippen molar-refractivity contribution in [1.82, 2.24) is 10.6 Å². The van der Waals surface area contributed by atoms with E-state index >= 15 is 0 Å². The van der Waals surface area contributed by atoms with E-state index in [-0.39, 0.29) is 12.1 Å². The molecule has 0 aromatic carbocycles. The largest absolute Gasteiger partial charge is 0.379 e. The molecule has 0 bridgehead atoms. The first-order valence-electron chi connectivity index (χ1n) is 4.66. The third-order valence-corrected chi connectivity index (χ3v) is 2.08. The summed E-state index contributed by atoms with van der Waals surface area (Å²) in [6.07, 6.45) is 4.50. The van der Waals surface area contributed by atoms with Crippen molar-refractivity contribution in [3.05, 3.63) is 12.2 Å². The number of hydrogen-bond acceptors (Lipinski definition) is 2. The maximum Gasteiger partial charge on any atom is 0.315 e. The summed E-state index contributed by atoms with van der Waals surface area (Å²) in [4.78, 5) is 11.2. The second kappa shape index (κ2) is 6.68. The summed E-state index contributed by atoms with van der Waals surface area (Å²) in [5, 5.41) is 5.51. The third-order valence-electron chi connectivity index (χ3n) is 1.90. The van der Waals surface area contributed by atoms with Crippen molar-refractivity contribution in [2.24, 2.45) is 0 Å². The SMILES string of the molecule is O=C(NC/C=C/CCl)NC1CCOC1. The number of carbonyl (C=O) groups is 1. The number of halogens is 1. The normalized spacial score (nSPS) is 21.4. The highest BCUT2D eigenvalue weighted by Crippen LogP contribution is 2.02. The zero-order chi connectivity index (χ0) is 10.2. The average molecular weight is 219 g/mol. The van der Waals surface area contributed by atoms with Gasteiger partial charge in [-0.25, -0.2) is 4.79 Å². The average Bonchev–Trinajstić information content (AvgIpc) is 2.65. The van der Waals surface area contributed by atoms with E-state index in [9.17, 15) is 4.79 Å². The van der Waals surface area contributed by atoms with Crippen molar-refractivity contribution in [2.45, 2.75) is 12.5 Å². The van der Waals surface area contributed by atoms with Gasteiger partial charge in [0, 0.05) is 19.0 Å². The summed E-state index contributed by atoms with van der Waals surface area (Å²) >= 11 is 5.42. The van der Waals surface area contributed by atoms with E-state index in [4.69, 9.17) is 16.3 Å². The molecule has 5 heteroatoms. The standard InChI is InChI=1S/C9H15ClN2O2/c10-4-1-2-5-11-9(13)12-8-3-6-14-7-8/h1-2,8H,3-7H2,(H2,11,12,13)/b2-1+. The quantitative estimate of drug-likeness (QED) is 0.544. The van der Waals surface area contributed by atoms with Crippen molar-refractivity contribution < 1.29 is 9.53 Å². The van der Waals surface area contributed by atoms with Gasteiger partial charge in [0.15, 0.2) is 0 Å². The second-order valence-corrected chi connectivity index (χ2v) is 3.35. The van der Waals surface area contributed by atoms with E-state index in [1.165, 1.54) is 0 Å². The topological polar surface area (TPSA) is 50.4 Å². The van der Waals surface area contributed by atoms with Crippen molar-refractivity contribution in [3.8, 4) is 0 Å². The Bertz CT molecular complexity index is 203. The molecule has 1 atom stereocenters. The first-order chi connectivity index (χ1) is 6.83. The molecule has 1 fully saturated rings. The number of hydrogen-bond donors (Lipinski definition) is 2. The number of alkyl halides is 1. The van der Waals surface area contributed by atoms with Crippen LogP contribution < -0.4 is 10.6 Å². The summed E-state index contributed by atoms with van der Waals surface area (Å²) in [5.41, 5.74) is 0. The van der Waals surface area contributed by atoms with Crippen molar-refractivity contribution in [3.63, 3.8) is 0 Å². The minimum Gasteiger partial charge on any atom is -0.379 e. The molecule has 80 valence electrons. The number of ether oxygens (including phenoxy) is 1. The first kappa shape index (κ1) is 11.3. The fourth-order valence-corrected chi connectivity index (χ4v) is 1.31. The van der Waals surface area contributed by atoms with Gasteiger partial charge in [-0.05, 0) is 6.42 Å². The van der Waals surface area contributed by atoms with Crippen molar-refractivity contribution in [1.29, 1.82) is 0 Å². The van der Waals surface area contributed by atoms with Gasteiger partial charge in [0.1, 0.15) is 0 Å². The maximum absolute atomic E-state index is 11.2. The molecular formula is C9H15ClN2O2. The lowest BCUT2D eigenvalue weighted by molar-refractivity contribution is 0.188. The van der Waals surface area contributed by atoms with Gasteiger partial charge in [-0.3, -0.25) is 0 Å². The van der Waals surface area contributed by atoms with Crippen LogP contribution in [0.25, 0.3) is 0 Å². The highest BCUT2D eigenvalue weighted by molar-refractivity contribution is 6.18. The van der Waals surface area contributed by atoms with Gasteiger partial charge in [0.2, 0.25) is 0 Å². The molecule has 0 radical (unpaired) electrons. The molecule has 1 aliphatic rings. The van der Waals surface area contributed by atoms with E-state index < -0.39 is 0 Å². The molecule has 4 nitrogen and oxygen atoms in total. The van der Waals surface area contributed by atoms with Crippen LogP contribution in [0.2, 0.25) is 0 Å². The molecule has 0 spiro atoms. The van der Waals surface area contributed by atoms with Crippen molar-refractivity contribution >= 4 is 17.6 Å². The zero-order valence-corrected chi connectivity index (χ0v) is 8.72. The Morgan fingerprint density at radius 1 is 1.57 bits per heavy atom. The van der Waals surface area contributed by atoms with Crippen LogP contribution in [0.5, 0.6) is 0 Å². The van der Waals surface area contributed by atoms with Crippen molar-refractivity contribution in [2.75, 3.05) is 25.6 Å². The number of allylic oxidation sites excluding steroid dienone is 1. The summed E-state index contributed by atoms with van der Waals surface area (Å²) in [6.45, 7) is 1.86. The van der Waals surface area contributed by atoms with E-state index in [2.05, 4.69) is 10.6 Å². The third kappa shape index (κ3) is 4.48. The first-order valence-corrected chi connectivity index (χ1v) is 5.19. The molecule has 0 aromatic heterocycles. The summed E-state index contributed by atoms with van der Waals surface area (Å²) in [7, 11) is 0. The van der Waals surface area contributed by atoms with Crippen LogP contribution in [0.3, 0.4) is 0 Å². The monoisotopic (exact) mass is 218 g/mol. The Hall–Kier alpha value is -0.740. The van der Waals surface area contributed by atoms with Gasteiger partial charge in [0.05, 0.1) is 12.6 Å². The molecule has 2 amide bonds. The molecule has 14 heavy (non-hydrogen) atoms. The number of nitrogens with one attached hydrogen (secondary N) is 2. The Balaban J connectivity index is 2.06. The zero-order valence-electron chi connectivity index (χ0n) is 7.96. The lowest BCUT2D eigenvalue weighted by atomic mass is 10.3. The molecule has 1 rings (SSSR count). The van der Waals surface area contributed by atoms with Gasteiger partial charge >= 0.3 is 6.03 Å². The van der Waals surface area contributed by atoms with Gasteiger partial charge < -0.3 is 15.4 Å².